The van der Waals surface area contributed by atoms with Crippen molar-refractivity contribution in [3.05, 3.63) is 71.8 Å². The number of H-pyrrole nitrogens is 1. The number of aliphatic hydroxyl groups is 2. The van der Waals surface area contributed by atoms with Gasteiger partial charge in [0.25, 0.3) is 11.8 Å². The van der Waals surface area contributed by atoms with Gasteiger partial charge in [-0.25, -0.2) is 14.4 Å². The zero-order valence-electron chi connectivity index (χ0n) is 63.9. The number of amides is 18. The fourth-order valence-corrected chi connectivity index (χ4v) is 13.8. The molecule has 39 nitrogen and oxygen atoms in total. The van der Waals surface area contributed by atoms with Crippen molar-refractivity contribution >= 4 is 129 Å². The summed E-state index contributed by atoms with van der Waals surface area (Å²) in [5.74, 6) is -14.3. The van der Waals surface area contributed by atoms with E-state index in [-0.39, 0.29) is 69.9 Å². The van der Waals surface area contributed by atoms with Gasteiger partial charge in [-0.15, -0.1) is 11.8 Å². The van der Waals surface area contributed by atoms with Crippen molar-refractivity contribution in [3.8, 4) is 0 Å². The number of benzene rings is 2. The van der Waals surface area contributed by atoms with Crippen molar-refractivity contribution < 1.29 is 101 Å². The molecule has 7 rings (SSSR count). The molecular weight excluding hydrogens is 1500 g/mol. The molecule has 1 fully saturated rings. The molecule has 18 amide bonds. The first-order valence-electron chi connectivity index (χ1n) is 37.2. The summed E-state index contributed by atoms with van der Waals surface area (Å²) >= 11 is 0.965. The highest BCUT2D eigenvalue weighted by atomic mass is 32.2. The maximum absolute atomic E-state index is 15.1. The van der Waals surface area contributed by atoms with Crippen molar-refractivity contribution in [1.82, 2.24) is 77.8 Å². The van der Waals surface area contributed by atoms with Crippen LogP contribution in [0.3, 0.4) is 0 Å². The van der Waals surface area contributed by atoms with Gasteiger partial charge in [0.15, 0.2) is 0 Å². The summed E-state index contributed by atoms with van der Waals surface area (Å²) in [6.45, 7) is 4.75. The molecule has 40 heteroatoms. The van der Waals surface area contributed by atoms with Crippen LogP contribution in [0.2, 0.25) is 0 Å². The Morgan fingerprint density at radius 2 is 1.38 bits per heavy atom. The fourth-order valence-electron chi connectivity index (χ4n) is 12.7. The van der Waals surface area contributed by atoms with E-state index in [1.165, 1.54) is 45.3 Å². The summed E-state index contributed by atoms with van der Waals surface area (Å²) in [5, 5.41) is 50.6. The van der Waals surface area contributed by atoms with E-state index in [4.69, 9.17) is 20.9 Å². The number of urea groups is 1. The van der Waals surface area contributed by atoms with Crippen molar-refractivity contribution in [3.63, 3.8) is 0 Å². The van der Waals surface area contributed by atoms with Gasteiger partial charge in [-0.3, -0.25) is 72.0 Å². The lowest BCUT2D eigenvalue weighted by molar-refractivity contribution is -0.144. The minimum Gasteiger partial charge on any atom is -0.445 e. The Bertz CT molecular complexity index is 4030. The highest BCUT2D eigenvalue weighted by Crippen LogP contribution is 2.33. The highest BCUT2D eigenvalue weighted by molar-refractivity contribution is 7.99. The Kier molecular flexibility index (Phi) is 33.2. The normalized spacial score (nSPS) is 21.4. The number of thioether (sulfide) groups is 1. The first-order chi connectivity index (χ1) is 53.7. The monoisotopic (exact) mass is 1600 g/mol. The maximum Gasteiger partial charge on any atom is 0.409 e. The number of unbranched alkanes of at least 4 members (excludes halogenated alkanes) is 2. The molecule has 3 aromatic rings. The number of nitrogens with zero attached hydrogens (tertiary/aromatic N) is 4. The molecule has 12 atom stereocenters. The molecule has 1 saturated heterocycles. The average Bonchev–Trinajstić information content (AvgIpc) is 1.66. The van der Waals surface area contributed by atoms with E-state index in [2.05, 4.69) is 63.5 Å². The van der Waals surface area contributed by atoms with E-state index in [0.717, 1.165) is 31.4 Å². The molecule has 1 aromatic heterocycles. The predicted molar refractivity (Wildman–Crippen MR) is 405 cm³/mol. The van der Waals surface area contributed by atoms with Crippen molar-refractivity contribution in [1.29, 1.82) is 0 Å². The zero-order valence-corrected chi connectivity index (χ0v) is 64.7. The van der Waals surface area contributed by atoms with Crippen molar-refractivity contribution in [2.45, 2.75) is 171 Å². The molecule has 0 saturated carbocycles. The number of aromatic nitrogens is 1. The number of hydrogen-bond acceptors (Lipinski definition) is 22. The second-order valence-corrected chi connectivity index (χ2v) is 29.5. The number of hydrogen-bond donors (Lipinski definition) is 16. The molecular formula is C73H102N18O21S. The van der Waals surface area contributed by atoms with Crippen molar-refractivity contribution in [2.24, 2.45) is 29.2 Å². The van der Waals surface area contributed by atoms with Crippen LogP contribution in [-0.4, -0.2) is 269 Å². The molecule has 0 aliphatic carbocycles. The van der Waals surface area contributed by atoms with E-state index in [1.807, 2.05) is 0 Å². The molecule has 4 aliphatic rings. The van der Waals surface area contributed by atoms with Gasteiger partial charge in [0.2, 0.25) is 70.9 Å². The van der Waals surface area contributed by atoms with Gasteiger partial charge < -0.3 is 109 Å². The van der Waals surface area contributed by atoms with E-state index < -0.39 is 218 Å². The predicted octanol–water partition coefficient (Wildman–Crippen LogP) is -2.80. The molecule has 2 bridgehead atoms. The average molecular weight is 1600 g/mol. The Hall–Kier alpha value is -11.4. The lowest BCUT2D eigenvalue weighted by Crippen LogP contribution is -2.62. The Morgan fingerprint density at radius 3 is 2.04 bits per heavy atom. The highest BCUT2D eigenvalue weighted by Gasteiger charge is 2.47. The van der Waals surface area contributed by atoms with Gasteiger partial charge in [-0.1, -0.05) is 77.8 Å². The van der Waals surface area contributed by atoms with E-state index >= 15 is 9.59 Å². The zero-order chi connectivity index (χ0) is 82.9. The van der Waals surface area contributed by atoms with Crippen LogP contribution in [0.1, 0.15) is 104 Å². The van der Waals surface area contributed by atoms with Crippen LogP contribution < -0.4 is 70.0 Å². The summed E-state index contributed by atoms with van der Waals surface area (Å²) in [7, 11) is 2.69. The molecule has 4 aliphatic heterocycles. The lowest BCUT2D eigenvalue weighted by atomic mass is 9.93. The lowest BCUT2D eigenvalue weighted by Gasteiger charge is -2.32. The molecule has 1 unspecified atom stereocenters. The standard InChI is InChI=1S/C73H102N18O21S/c1-8-39(4)60-66(104)78-32-55(96)80-50-37-113-69-45(44-15-11-12-16-46(44)84-69)30-48(62(100)77-33-56(97)86-60)82-68(106)61(40(5)52(93)35-92)87-65(103)51-29-43(34-91(51)70(107)49(31-53(74)94)83-64(50)102)112-73(110)89(7)28-27-88(6)72(109)111-36-41-19-21-42(22-20-41)79-63(101)47(17-14-25-76-71(75)108)81-67(105)59(38(2)3)85-54(95)18-10-9-13-26-90-57(98)23-24-58(90)99/h11-12,15-16,19-24,38-40,43,47-52,59-61,84,92-93H,8-10,13-14,17-18,25-37H2,1-7H3,(H2,74,94)(H,77,100)(H,78,104)(H,79,101)(H,80,96)(H,81,105)(H,82,106)(H,83,102)(H,85,95)(H,86,97)(H,87,103)(H3,75,76,108)/t39-,40-,43+,47-,48-,49-,50-,51?,52-,59-,60-,61-/m0/s1. The largest absolute Gasteiger partial charge is 0.445 e. The van der Waals surface area contributed by atoms with Crippen LogP contribution in [0.15, 0.2) is 65.7 Å². The van der Waals surface area contributed by atoms with E-state index in [1.54, 1.807) is 64.1 Å². The SMILES string of the molecule is CC[C@H](C)[C@@H]1NC(=O)CNC(=O)[C@@H]2Cc3c([nH]c4ccccc34)SC[C@H](NC(=O)CNC1=O)C(=O)N[C@@H](CC(N)=O)C(=O)N1C[C@H](OC(=O)N(C)CCN(C)C(=O)OCc3ccc(NC(=O)[C@H](CCCNC(N)=O)NC(=O)[C@@H](NC(=O)CCCCCN4C(=O)C=CC4=O)C(C)C)cc3)CC1C(=O)N[C@@H]([C@@H](C)[C@@H](O)CO)C(=O)N2. The van der Waals surface area contributed by atoms with Gasteiger partial charge in [0.05, 0.1) is 43.8 Å². The van der Waals surface area contributed by atoms with E-state index in [0.29, 0.717) is 52.7 Å². The van der Waals surface area contributed by atoms with Crippen molar-refractivity contribution in [2.75, 3.05) is 77.6 Å². The number of rotatable bonds is 29. The second-order valence-electron chi connectivity index (χ2n) is 28.5. The summed E-state index contributed by atoms with van der Waals surface area (Å²) in [4.78, 5) is 239. The van der Waals surface area contributed by atoms with Gasteiger partial charge >= 0.3 is 18.2 Å². The number of carbonyl (C=O) groups excluding carboxylic acids is 17. The molecule has 616 valence electrons. The van der Waals surface area contributed by atoms with Crippen LogP contribution in [0, 0.1) is 17.8 Å². The number of para-hydroxylation sites is 1. The Balaban J connectivity index is 1.03. The molecule has 0 spiro atoms. The molecule has 0 radical (unpaired) electrons. The number of likely N-dealkylation sites (N-methyl/N-ethyl adjacent to an activating group) is 2. The van der Waals surface area contributed by atoms with Crippen LogP contribution in [0.5, 0.6) is 0 Å². The van der Waals surface area contributed by atoms with Crippen LogP contribution in [0.25, 0.3) is 10.9 Å². The van der Waals surface area contributed by atoms with E-state index in [9.17, 15) is 82.1 Å². The third-order valence-corrected chi connectivity index (χ3v) is 20.7. The third kappa shape index (κ3) is 25.8. The van der Waals surface area contributed by atoms with Gasteiger partial charge in [-0.05, 0) is 66.8 Å². The summed E-state index contributed by atoms with van der Waals surface area (Å²) in [6, 6.07) is -0.0297. The number of carbonyl (C=O) groups is 17. The summed E-state index contributed by atoms with van der Waals surface area (Å²) in [5.41, 5.74) is 12.6. The quantitative estimate of drug-likeness (QED) is 0.0247. The molecule has 18 N–H and O–H groups in total. The smallest absolute Gasteiger partial charge is 0.409 e. The fraction of sp³-hybridized carbons (Fsp3) is 0.548. The Morgan fingerprint density at radius 1 is 0.717 bits per heavy atom. The number of imide groups is 1. The first-order valence-corrected chi connectivity index (χ1v) is 38.2. The minimum atomic E-state index is -1.91. The third-order valence-electron chi connectivity index (χ3n) is 19.6. The van der Waals surface area contributed by atoms with Crippen LogP contribution in [0.4, 0.5) is 20.1 Å². The number of primary amides is 2. The Labute approximate surface area is 655 Å². The maximum atomic E-state index is 15.1. The second kappa shape index (κ2) is 42.3. The topological polar surface area (TPSA) is 562 Å². The van der Waals surface area contributed by atoms with Gasteiger partial charge in [0.1, 0.15) is 61.0 Å². The summed E-state index contributed by atoms with van der Waals surface area (Å²) < 4.78 is 11.4. The number of nitrogens with one attached hydrogen (secondary N) is 12. The number of aliphatic hydroxyl groups excluding tert-OH is 2. The molecule has 113 heavy (non-hydrogen) atoms. The molecule has 5 heterocycles. The first kappa shape index (κ1) is 88.8. The molecule has 2 aromatic carbocycles. The van der Waals surface area contributed by atoms with Crippen LogP contribution >= 0.6 is 11.8 Å². The number of fused-ring (bicyclic) bond motifs is 5. The van der Waals surface area contributed by atoms with Gasteiger partial charge in [0, 0.05) is 99.9 Å². The number of aromatic amines is 1. The van der Waals surface area contributed by atoms with Crippen LogP contribution in [-0.2, 0) is 89.6 Å². The number of ether oxygens (including phenoxy) is 2. The minimum absolute atomic E-state index is 0.0366. The number of nitrogens with two attached hydrogens (primary N) is 2. The summed E-state index contributed by atoms with van der Waals surface area (Å²) in [6.07, 6.45) is -2.31. The van der Waals surface area contributed by atoms with Gasteiger partial charge in [-0.2, -0.15) is 0 Å². The number of anilines is 1.